The highest BCUT2D eigenvalue weighted by Crippen LogP contribution is 2.42. The second-order valence-electron chi connectivity index (χ2n) is 10.7. The number of amides is 1. The number of nitrogens with zero attached hydrogens (tertiary/aromatic N) is 4. The molecule has 206 valence electrons. The third-order valence-corrected chi connectivity index (χ3v) is 7.86. The molecule has 4 aliphatic heterocycles. The minimum atomic E-state index is -0.0974. The first-order chi connectivity index (χ1) is 19.1. The number of anilines is 1. The van der Waals surface area contributed by atoms with E-state index in [1.807, 2.05) is 12.1 Å². The average molecular weight is 533 g/mol. The van der Waals surface area contributed by atoms with Crippen LogP contribution >= 0.6 is 0 Å². The molecule has 2 aromatic carbocycles. The Morgan fingerprint density at radius 2 is 1.85 bits per heavy atom. The summed E-state index contributed by atoms with van der Waals surface area (Å²) >= 11 is 0. The monoisotopic (exact) mass is 532 g/mol. The molecular formula is C30H36N4O5. The number of benzene rings is 2. The van der Waals surface area contributed by atoms with Gasteiger partial charge in [0.1, 0.15) is 37.0 Å². The van der Waals surface area contributed by atoms with Crippen molar-refractivity contribution >= 4 is 23.4 Å². The molecular weight excluding hydrogens is 496 g/mol. The Morgan fingerprint density at radius 1 is 1.05 bits per heavy atom. The molecule has 0 saturated carbocycles. The van der Waals surface area contributed by atoms with Gasteiger partial charge in [-0.2, -0.15) is 0 Å². The van der Waals surface area contributed by atoms with Crippen LogP contribution in [0.3, 0.4) is 0 Å². The fourth-order valence-corrected chi connectivity index (χ4v) is 5.86. The first kappa shape index (κ1) is 25.9. The van der Waals surface area contributed by atoms with Gasteiger partial charge in [0.15, 0.2) is 6.10 Å². The minimum Gasteiger partial charge on any atom is -0.492 e. The van der Waals surface area contributed by atoms with Crippen LogP contribution in [-0.4, -0.2) is 100 Å². The third kappa shape index (κ3) is 5.52. The number of carbonyl (C=O) groups is 1. The van der Waals surface area contributed by atoms with E-state index >= 15 is 0 Å². The molecule has 0 bridgehead atoms. The van der Waals surface area contributed by atoms with Crippen LogP contribution < -0.4 is 14.4 Å². The first-order valence-electron chi connectivity index (χ1n) is 13.7. The zero-order chi connectivity index (χ0) is 26.8. The molecule has 2 unspecified atom stereocenters. The molecule has 0 spiro atoms. The van der Waals surface area contributed by atoms with Crippen molar-refractivity contribution in [1.29, 1.82) is 0 Å². The number of hydrogen-bond acceptors (Lipinski definition) is 8. The molecule has 39 heavy (non-hydrogen) atoms. The highest BCUT2D eigenvalue weighted by Gasteiger charge is 2.42. The SMILES string of the molecule is COCC(=O)N1CCOc2cc3c(cc21)OCC1C3=NOC1CN1CCN(C/C(C)=C/c2ccccc2)CC1. The van der Waals surface area contributed by atoms with Crippen molar-refractivity contribution < 1.29 is 23.8 Å². The maximum atomic E-state index is 12.5. The van der Waals surface area contributed by atoms with Crippen LogP contribution in [0.4, 0.5) is 5.69 Å². The molecule has 4 aliphatic rings. The van der Waals surface area contributed by atoms with E-state index in [1.54, 1.807) is 4.90 Å². The van der Waals surface area contributed by atoms with E-state index in [0.29, 0.717) is 36.9 Å². The van der Waals surface area contributed by atoms with Gasteiger partial charge in [-0.25, -0.2) is 0 Å². The van der Waals surface area contributed by atoms with Gasteiger partial charge in [-0.3, -0.25) is 14.6 Å². The van der Waals surface area contributed by atoms with Gasteiger partial charge in [-0.15, -0.1) is 0 Å². The summed E-state index contributed by atoms with van der Waals surface area (Å²) in [5.74, 6) is 1.34. The molecule has 9 heteroatoms. The van der Waals surface area contributed by atoms with E-state index in [2.05, 4.69) is 58.3 Å². The van der Waals surface area contributed by atoms with Gasteiger partial charge in [0.05, 0.1) is 18.2 Å². The topological polar surface area (TPSA) is 76.1 Å². The van der Waals surface area contributed by atoms with E-state index in [4.69, 9.17) is 19.0 Å². The van der Waals surface area contributed by atoms with Crippen LogP contribution in [0.15, 0.2) is 53.2 Å². The van der Waals surface area contributed by atoms with Crippen LogP contribution in [-0.2, 0) is 14.4 Å². The summed E-state index contributed by atoms with van der Waals surface area (Å²) in [5, 5.41) is 4.51. The Labute approximate surface area is 229 Å². The molecule has 1 saturated heterocycles. The van der Waals surface area contributed by atoms with Gasteiger partial charge in [0, 0.05) is 58.0 Å². The summed E-state index contributed by atoms with van der Waals surface area (Å²) in [6.07, 6.45) is 2.23. The van der Waals surface area contributed by atoms with Crippen molar-refractivity contribution in [3.8, 4) is 11.5 Å². The molecule has 6 rings (SSSR count). The second kappa shape index (κ2) is 11.4. The summed E-state index contributed by atoms with van der Waals surface area (Å²) in [4.78, 5) is 25.2. The van der Waals surface area contributed by atoms with E-state index in [9.17, 15) is 4.79 Å². The van der Waals surface area contributed by atoms with Gasteiger partial charge < -0.3 is 23.9 Å². The molecule has 1 fully saturated rings. The molecule has 0 radical (unpaired) electrons. The van der Waals surface area contributed by atoms with Crippen LogP contribution in [0.2, 0.25) is 0 Å². The smallest absolute Gasteiger partial charge is 0.253 e. The van der Waals surface area contributed by atoms with Gasteiger partial charge in [-0.05, 0) is 18.6 Å². The molecule has 0 N–H and O–H groups in total. The fraction of sp³-hybridized carbons (Fsp3) is 0.467. The quantitative estimate of drug-likeness (QED) is 0.543. The Bertz CT molecular complexity index is 1260. The van der Waals surface area contributed by atoms with Crippen molar-refractivity contribution in [2.75, 3.05) is 77.6 Å². The number of ether oxygens (including phenoxy) is 3. The molecule has 2 aromatic rings. The van der Waals surface area contributed by atoms with E-state index < -0.39 is 0 Å². The zero-order valence-electron chi connectivity index (χ0n) is 22.7. The van der Waals surface area contributed by atoms with E-state index in [1.165, 1.54) is 18.2 Å². The van der Waals surface area contributed by atoms with Crippen LogP contribution in [0.5, 0.6) is 11.5 Å². The predicted molar refractivity (Wildman–Crippen MR) is 150 cm³/mol. The number of oxime groups is 1. The van der Waals surface area contributed by atoms with E-state index in [-0.39, 0.29) is 24.5 Å². The minimum absolute atomic E-state index is 0.0277. The van der Waals surface area contributed by atoms with Gasteiger partial charge in [0.2, 0.25) is 0 Å². The molecule has 0 aromatic heterocycles. The summed E-state index contributed by atoms with van der Waals surface area (Å²) in [6, 6.07) is 14.3. The highest BCUT2D eigenvalue weighted by atomic mass is 16.6. The van der Waals surface area contributed by atoms with Gasteiger partial charge in [-0.1, -0.05) is 47.1 Å². The number of methoxy groups -OCH3 is 1. The number of carbonyl (C=O) groups excluding carboxylic acids is 1. The van der Waals surface area contributed by atoms with Crippen molar-refractivity contribution in [2.45, 2.75) is 13.0 Å². The second-order valence-corrected chi connectivity index (χ2v) is 10.7. The van der Waals surface area contributed by atoms with Crippen molar-refractivity contribution in [3.63, 3.8) is 0 Å². The van der Waals surface area contributed by atoms with Crippen molar-refractivity contribution in [3.05, 3.63) is 59.2 Å². The predicted octanol–water partition coefficient (Wildman–Crippen LogP) is 2.89. The average Bonchev–Trinajstić information content (AvgIpc) is 3.36. The van der Waals surface area contributed by atoms with Gasteiger partial charge >= 0.3 is 0 Å². The summed E-state index contributed by atoms with van der Waals surface area (Å²) in [7, 11) is 1.52. The van der Waals surface area contributed by atoms with Crippen LogP contribution in [0.1, 0.15) is 18.1 Å². The molecule has 2 atom stereocenters. The number of rotatable bonds is 7. The van der Waals surface area contributed by atoms with Crippen LogP contribution in [0.25, 0.3) is 6.08 Å². The molecule has 1 amide bonds. The van der Waals surface area contributed by atoms with Crippen LogP contribution in [0, 0.1) is 5.92 Å². The van der Waals surface area contributed by atoms with Crippen molar-refractivity contribution in [2.24, 2.45) is 11.1 Å². The Morgan fingerprint density at radius 3 is 2.64 bits per heavy atom. The maximum absolute atomic E-state index is 12.5. The fourth-order valence-electron chi connectivity index (χ4n) is 5.86. The number of fused-ring (bicyclic) bond motifs is 4. The molecule has 0 aliphatic carbocycles. The lowest BCUT2D eigenvalue weighted by atomic mass is 9.89. The summed E-state index contributed by atoms with van der Waals surface area (Å²) in [5.41, 5.74) is 5.14. The first-order valence-corrected chi connectivity index (χ1v) is 13.7. The number of piperazine rings is 1. The molecule has 9 nitrogen and oxygen atoms in total. The zero-order valence-corrected chi connectivity index (χ0v) is 22.7. The largest absolute Gasteiger partial charge is 0.492 e. The normalized spacial score (nSPS) is 23.1. The lowest BCUT2D eigenvalue weighted by Crippen LogP contribution is -2.50. The molecule has 4 heterocycles. The highest BCUT2D eigenvalue weighted by molar-refractivity contribution is 6.08. The lowest BCUT2D eigenvalue weighted by Gasteiger charge is -2.37. The Balaban J connectivity index is 1.06. The Kier molecular flexibility index (Phi) is 7.54. The lowest BCUT2D eigenvalue weighted by molar-refractivity contribution is -0.122. The summed E-state index contributed by atoms with van der Waals surface area (Å²) in [6.45, 7) is 9.55. The third-order valence-electron chi connectivity index (χ3n) is 7.86. The number of hydrogen-bond donors (Lipinski definition) is 0. The maximum Gasteiger partial charge on any atom is 0.253 e. The van der Waals surface area contributed by atoms with E-state index in [0.717, 1.165) is 50.5 Å². The standard InChI is InChI=1S/C30H36N4O5/c1-21(14-22-6-4-3-5-7-22)17-32-8-10-33(11-9-32)18-28-24-19-38-26-16-25-27(15-23(26)30(24)31-39-28)37-13-12-34(25)29(35)20-36-2/h3-7,14-16,24,28H,8-13,17-20H2,1-2H3/b21-14+. The van der Waals surface area contributed by atoms with Gasteiger partial charge in [0.25, 0.3) is 5.91 Å². The van der Waals surface area contributed by atoms with Crippen molar-refractivity contribution in [1.82, 2.24) is 9.80 Å². The summed E-state index contributed by atoms with van der Waals surface area (Å²) < 4.78 is 17.2. The Hall–Kier alpha value is -3.40.